The van der Waals surface area contributed by atoms with Crippen LogP contribution in [0.3, 0.4) is 0 Å². The van der Waals surface area contributed by atoms with Gasteiger partial charge in [-0.15, -0.1) is 0 Å². The highest BCUT2D eigenvalue weighted by Gasteiger charge is 2.65. The third kappa shape index (κ3) is 8.40. The van der Waals surface area contributed by atoms with Gasteiger partial charge < -0.3 is 20.4 Å². The monoisotopic (exact) mass is 1120 g/mol. The van der Waals surface area contributed by atoms with Crippen LogP contribution in [0.4, 0.5) is 79.0 Å². The van der Waals surface area contributed by atoms with Crippen LogP contribution in [0.2, 0.25) is 0 Å². The molecule has 0 spiro atoms. The minimum atomic E-state index is -9.64. The van der Waals surface area contributed by atoms with Crippen molar-refractivity contribution < 1.29 is 169 Å². The third-order valence-corrected chi connectivity index (χ3v) is 16.9. The lowest BCUT2D eigenvalue weighted by Crippen LogP contribution is -2.37. The third-order valence-electron chi connectivity index (χ3n) is 7.28. The second-order valence-electron chi connectivity index (χ2n) is 11.1. The fourth-order valence-electron chi connectivity index (χ4n) is 4.89. The van der Waals surface area contributed by atoms with Gasteiger partial charge in [-0.1, -0.05) is 0 Å². The molecule has 0 fully saturated rings. The maximum atomic E-state index is 14.5. The van der Waals surface area contributed by atoms with Crippen LogP contribution in [0.5, 0.6) is 0 Å². The van der Waals surface area contributed by atoms with Crippen LogP contribution in [-0.4, -0.2) is 128 Å². The Labute approximate surface area is 347 Å². The predicted molar refractivity (Wildman–Crippen MR) is 159 cm³/mol. The van der Waals surface area contributed by atoms with Gasteiger partial charge in [-0.25, -0.2) is 69.7 Å². The van der Waals surface area contributed by atoms with Crippen molar-refractivity contribution in [2.24, 2.45) is 0 Å². The molecule has 0 aromatic heterocycles. The summed E-state index contributed by atoms with van der Waals surface area (Å²) in [6.45, 7) is 0. The zero-order valence-corrected chi connectivity index (χ0v) is 33.5. The highest BCUT2D eigenvalue weighted by atomic mass is 32.2. The molecule has 0 atom stereocenters. The minimum Gasteiger partial charge on any atom is -0.478 e. The summed E-state index contributed by atoms with van der Waals surface area (Å²) in [5, 5.41) is 38.4. The molecule has 2 rings (SSSR count). The summed E-state index contributed by atoms with van der Waals surface area (Å²) >= 11 is 0. The average molecular weight is 1120 g/mol. The van der Waals surface area contributed by atoms with Gasteiger partial charge in [0.1, 0.15) is 29.4 Å². The number of alkyl halides is 18. The quantitative estimate of drug-likeness (QED) is 0.232. The number of aromatic carboxylic acids is 4. The molecular formula is C22H4F18O20S6. The lowest BCUT2D eigenvalue weighted by atomic mass is 9.94. The first-order chi connectivity index (χ1) is 28.5. The summed E-state index contributed by atoms with van der Waals surface area (Å²) in [7, 11) is -56.5. The van der Waals surface area contributed by atoms with Crippen molar-refractivity contribution in [3.8, 4) is 11.1 Å². The van der Waals surface area contributed by atoms with E-state index in [4.69, 9.17) is 0 Å². The van der Waals surface area contributed by atoms with Gasteiger partial charge in [0.05, 0.1) is 22.3 Å². The first-order valence-electron chi connectivity index (χ1n) is 13.8. The van der Waals surface area contributed by atoms with Crippen molar-refractivity contribution in [1.82, 2.24) is 0 Å². The maximum Gasteiger partial charge on any atom is 0.501 e. The zero-order chi connectivity index (χ0) is 53.2. The minimum absolute atomic E-state index is 4.35. The molecule has 2 aromatic rings. The molecule has 44 heteroatoms. The molecule has 0 unspecified atom stereocenters. The number of carbonyl (C=O) groups is 4. The second-order valence-corrected chi connectivity index (χ2v) is 22.4. The molecular weight excluding hydrogens is 1120 g/mol. The maximum absolute atomic E-state index is 14.5. The van der Waals surface area contributed by atoms with Crippen molar-refractivity contribution in [2.75, 3.05) is 0 Å². The molecule has 0 radical (unpaired) electrons. The van der Waals surface area contributed by atoms with E-state index in [1.54, 1.807) is 0 Å². The largest absolute Gasteiger partial charge is 0.501 e. The van der Waals surface area contributed by atoms with Crippen LogP contribution < -0.4 is 0 Å². The summed E-state index contributed by atoms with van der Waals surface area (Å²) in [6.07, 6.45) is 0. The van der Waals surface area contributed by atoms with E-state index in [1.165, 1.54) is 0 Å². The van der Waals surface area contributed by atoms with E-state index in [0.717, 1.165) is 0 Å². The van der Waals surface area contributed by atoms with Crippen molar-refractivity contribution >= 4 is 82.9 Å². The Balaban J connectivity index is 4.92. The normalized spacial score (nSPS) is 14.5. The van der Waals surface area contributed by atoms with Crippen LogP contribution in [-0.2, 0) is 59.0 Å². The topological polar surface area (TPSA) is 354 Å². The van der Waals surface area contributed by atoms with Gasteiger partial charge >= 0.3 is 56.9 Å². The fraction of sp³-hybridized carbons (Fsp3) is 0.273. The lowest BCUT2D eigenvalue weighted by molar-refractivity contribution is -0.0459. The van der Waals surface area contributed by atoms with Crippen LogP contribution >= 0.6 is 0 Å². The first-order valence-corrected chi connectivity index (χ1v) is 22.7. The van der Waals surface area contributed by atoms with Gasteiger partial charge in [0, 0.05) is 11.1 Å². The van der Waals surface area contributed by atoms with E-state index in [9.17, 15) is 169 Å². The van der Waals surface area contributed by atoms with E-state index in [1.807, 2.05) is 0 Å². The molecule has 66 heavy (non-hydrogen) atoms. The average Bonchev–Trinajstić information content (AvgIpc) is 3.05. The fourth-order valence-corrected chi connectivity index (χ4v) is 12.8. The first kappa shape index (κ1) is 56.9. The molecule has 0 aliphatic heterocycles. The van der Waals surface area contributed by atoms with Crippen molar-refractivity contribution in [3.05, 3.63) is 22.3 Å². The van der Waals surface area contributed by atoms with Gasteiger partial charge in [-0.2, -0.15) is 79.0 Å². The highest BCUT2D eigenvalue weighted by Crippen LogP contribution is 2.58. The smallest absolute Gasteiger partial charge is 0.478 e. The molecule has 4 N–H and O–H groups in total. The Morgan fingerprint density at radius 1 is 0.258 bits per heavy atom. The Morgan fingerprint density at radius 3 is 0.515 bits per heavy atom. The number of rotatable bonds is 11. The van der Waals surface area contributed by atoms with Gasteiger partial charge in [0.15, 0.2) is 0 Å². The molecule has 0 amide bonds. The highest BCUT2D eigenvalue weighted by molar-refractivity contribution is 7.96. The van der Waals surface area contributed by atoms with Crippen LogP contribution in [0.15, 0.2) is 29.4 Å². The number of halogens is 18. The molecule has 2 aromatic carbocycles. The van der Waals surface area contributed by atoms with Gasteiger partial charge in [0.2, 0.25) is 0 Å². The molecule has 20 nitrogen and oxygen atoms in total. The van der Waals surface area contributed by atoms with Crippen LogP contribution in [0.1, 0.15) is 41.4 Å². The molecule has 0 aliphatic rings. The molecule has 374 valence electrons. The molecule has 0 saturated carbocycles. The van der Waals surface area contributed by atoms with Gasteiger partial charge in [-0.3, -0.25) is 0 Å². The molecule has 0 aliphatic carbocycles. The van der Waals surface area contributed by atoms with Crippen molar-refractivity contribution in [3.63, 3.8) is 0 Å². The predicted octanol–water partition coefficient (Wildman–Crippen LogP) is 3.91. The van der Waals surface area contributed by atoms with Crippen LogP contribution in [0, 0.1) is 0 Å². The lowest BCUT2D eigenvalue weighted by Gasteiger charge is -2.29. The summed E-state index contributed by atoms with van der Waals surface area (Å²) < 4.78 is 415. The number of hydrogen-bond acceptors (Lipinski definition) is 16. The van der Waals surface area contributed by atoms with Crippen LogP contribution in [0.25, 0.3) is 11.1 Å². The summed E-state index contributed by atoms with van der Waals surface area (Å²) in [5.41, 5.74) is -77.5. The summed E-state index contributed by atoms with van der Waals surface area (Å²) in [6, 6.07) is 0. The molecule has 0 saturated heterocycles. The Hall–Kier alpha value is -5.24. The van der Waals surface area contributed by atoms with E-state index in [-0.39, 0.29) is 0 Å². The Morgan fingerprint density at radius 2 is 0.379 bits per heavy atom. The molecule has 0 heterocycles. The van der Waals surface area contributed by atoms with E-state index in [0.29, 0.717) is 0 Å². The summed E-state index contributed by atoms with van der Waals surface area (Å²) in [5.74, 6) is -17.6. The van der Waals surface area contributed by atoms with Gasteiger partial charge in [0.25, 0.3) is 59.0 Å². The van der Waals surface area contributed by atoms with E-state index < -0.39 is 179 Å². The zero-order valence-electron chi connectivity index (χ0n) is 28.6. The Bertz CT molecular complexity index is 3010. The number of benzene rings is 2. The van der Waals surface area contributed by atoms with Crippen molar-refractivity contribution in [2.45, 2.75) is 62.4 Å². The Kier molecular flexibility index (Phi) is 13.5. The number of carboxylic acid groups (broad SMARTS) is 4. The number of sulfone groups is 6. The number of hydrogen-bond donors (Lipinski definition) is 4. The number of carboxylic acids is 4. The summed E-state index contributed by atoms with van der Waals surface area (Å²) in [4.78, 5) is 18.0. The molecule has 0 bridgehead atoms. The van der Waals surface area contributed by atoms with Gasteiger partial charge in [-0.05, 0) is 0 Å². The van der Waals surface area contributed by atoms with E-state index >= 15 is 0 Å². The second kappa shape index (κ2) is 15.7. The van der Waals surface area contributed by atoms with Crippen molar-refractivity contribution in [1.29, 1.82) is 0 Å². The SMILES string of the molecule is O=C(O)c1c(C(=O)O)c(S(=O)(=O)C(F)(F)F)c(S(=O)(=O)C(F)(F)F)c(-c2c(S(=O)(=O)C(F)(F)F)c(C(=O)O)c(C(=O)O)c(S(=O)(=O)C(F)(F)F)c2S(=O)(=O)C(F)(F)F)c1S(=O)(=O)C(F)(F)F. The van der Waals surface area contributed by atoms with E-state index in [2.05, 4.69) is 0 Å². The standard InChI is InChI=1S/C22H4F18O20S6/c23-17(24,25)61(49,50)7-1(9(63(53,54)19(29,30)31)11(65(57,58)21(35,36)37)5(15(45)46)3(7)13(41)42)2-8(62(51,52)18(26,27)28)4(14(43)44)6(16(47)48)12(66(59,60)22(38,39)40)10(2)64(55,56)20(32,33)34/h(H,41,42)(H,43,44)(H,45,46)(H,47,48).